The van der Waals surface area contributed by atoms with Crippen LogP contribution in [0.25, 0.3) is 0 Å². The van der Waals surface area contributed by atoms with E-state index in [4.69, 9.17) is 0 Å². The number of rotatable bonds is 21. The standard InChI is InChI=1S/C21H44.C8H8S2.6CH3.2Sn/c1-7-13-15-19(9-3)17-21(11-5,12-6)18-20(10-4)16-14-8-2;1-5-9-7(3)8(4)10-6-2;;;;;;;;/h19-20H,7-18H2,1-6H3;1-4H2;6*1H3;;. The van der Waals surface area contributed by atoms with Gasteiger partial charge >= 0.3 is 132 Å². The van der Waals surface area contributed by atoms with Crippen LogP contribution in [0.2, 0.25) is 29.6 Å². The molecule has 0 aliphatic heterocycles. The molecule has 39 heavy (non-hydrogen) atoms. The Kier molecular flexibility index (Phi) is 23.8. The third kappa shape index (κ3) is 19.2. The molecule has 2 unspecified atom stereocenters. The van der Waals surface area contributed by atoms with Gasteiger partial charge in [-0.3, -0.25) is 0 Å². The molecule has 0 aliphatic rings. The van der Waals surface area contributed by atoms with E-state index in [2.05, 4.69) is 97.5 Å². The monoisotopic (exact) mass is 794 g/mol. The predicted octanol–water partition coefficient (Wildman–Crippen LogP) is 14.3. The van der Waals surface area contributed by atoms with E-state index in [0.29, 0.717) is 5.41 Å². The second-order valence-corrected chi connectivity index (χ2v) is 47.4. The maximum Gasteiger partial charge on any atom is -0.0297 e. The van der Waals surface area contributed by atoms with Gasteiger partial charge in [0.05, 0.1) is 0 Å². The van der Waals surface area contributed by atoms with Crippen LogP contribution < -0.4 is 0 Å². The van der Waals surface area contributed by atoms with E-state index >= 15 is 0 Å². The topological polar surface area (TPSA) is 0 Å². The molecule has 0 fully saturated rings. The summed E-state index contributed by atoms with van der Waals surface area (Å²) in [5, 5.41) is 0. The average Bonchev–Trinajstić information content (AvgIpc) is 2.87. The van der Waals surface area contributed by atoms with Gasteiger partial charge in [0.25, 0.3) is 0 Å². The van der Waals surface area contributed by atoms with Gasteiger partial charge in [0, 0.05) is 0 Å². The van der Waals surface area contributed by atoms with Crippen molar-refractivity contribution < 1.29 is 0 Å². The third-order valence-electron chi connectivity index (χ3n) is 8.51. The van der Waals surface area contributed by atoms with Crippen LogP contribution in [0, 0.1) is 17.3 Å². The van der Waals surface area contributed by atoms with Gasteiger partial charge < -0.3 is 0 Å². The summed E-state index contributed by atoms with van der Waals surface area (Å²) in [5.74, 6) is 1.93. The zero-order chi connectivity index (χ0) is 30.9. The molecular weight excluding hydrogens is 722 g/mol. The molecule has 2 atom stereocenters. The average molecular weight is 793 g/mol. The number of hydrogen-bond donors (Lipinski definition) is 0. The van der Waals surface area contributed by atoms with Gasteiger partial charge in [0.2, 0.25) is 0 Å². The Morgan fingerprint density at radius 2 is 0.897 bits per heavy atom. The van der Waals surface area contributed by atoms with Crippen molar-refractivity contribution in [1.29, 1.82) is 0 Å². The Morgan fingerprint density at radius 1 is 0.590 bits per heavy atom. The van der Waals surface area contributed by atoms with Crippen LogP contribution >= 0.6 is 23.5 Å². The van der Waals surface area contributed by atoms with Crippen LogP contribution in [0.5, 0.6) is 0 Å². The van der Waals surface area contributed by atoms with Gasteiger partial charge in [-0.2, -0.15) is 0 Å². The van der Waals surface area contributed by atoms with Crippen LogP contribution in [0.3, 0.4) is 0 Å². The van der Waals surface area contributed by atoms with Crippen LogP contribution in [0.15, 0.2) is 42.0 Å². The van der Waals surface area contributed by atoms with Crippen molar-refractivity contribution in [2.24, 2.45) is 17.3 Å². The van der Waals surface area contributed by atoms with Crippen molar-refractivity contribution in [3.63, 3.8) is 0 Å². The SMILES string of the molecule is C=C(S[C](=C)[Sn]([CH3])([CH3])[CH3])C(=C)S[C](=C)[Sn]([CH3])([CH3])[CH3].CCCCC(CC)CC(CC)(CC)CC(CC)CCCC. The summed E-state index contributed by atoms with van der Waals surface area (Å²) in [4.78, 5) is 16.3. The number of unbranched alkanes of at least 4 members (excludes halogenated alkanes) is 2. The fourth-order valence-electron chi connectivity index (χ4n) is 4.74. The first-order chi connectivity index (χ1) is 18.0. The van der Waals surface area contributed by atoms with Gasteiger partial charge in [-0.1, -0.05) is 106 Å². The molecule has 4 heteroatoms. The van der Waals surface area contributed by atoms with Crippen molar-refractivity contribution in [2.45, 2.75) is 148 Å². The minimum atomic E-state index is -2.01. The van der Waals surface area contributed by atoms with Crippen molar-refractivity contribution >= 4 is 60.3 Å². The number of thioether (sulfide) groups is 2. The molecule has 0 radical (unpaired) electrons. The molecule has 0 spiro atoms. The Bertz CT molecular complexity index is 662. The second kappa shape index (κ2) is 21.9. The van der Waals surface area contributed by atoms with Gasteiger partial charge in [0.15, 0.2) is 0 Å². The van der Waals surface area contributed by atoms with Gasteiger partial charge in [-0.15, -0.1) is 0 Å². The fraction of sp³-hybridized carbons (Fsp3) is 0.771. The summed E-state index contributed by atoms with van der Waals surface area (Å²) >= 11 is -0.556. The third-order valence-corrected chi connectivity index (χ3v) is 29.6. The van der Waals surface area contributed by atoms with E-state index in [9.17, 15) is 0 Å². The minimum Gasteiger partial charge on any atom is -0.0654 e. The summed E-state index contributed by atoms with van der Waals surface area (Å²) in [6.07, 6.45) is 17.0. The predicted molar refractivity (Wildman–Crippen MR) is 197 cm³/mol. The second-order valence-electron chi connectivity index (χ2n) is 13.8. The van der Waals surface area contributed by atoms with E-state index in [0.717, 1.165) is 21.6 Å². The first-order valence-corrected chi connectivity index (χ1v) is 37.7. The summed E-state index contributed by atoms with van der Waals surface area (Å²) < 4.78 is 2.67. The molecule has 0 aliphatic carbocycles. The van der Waals surface area contributed by atoms with Gasteiger partial charge in [-0.05, 0) is 30.1 Å². The molecule has 0 amide bonds. The van der Waals surface area contributed by atoms with E-state index in [1.807, 2.05) is 0 Å². The molecule has 0 aromatic carbocycles. The van der Waals surface area contributed by atoms with Crippen LogP contribution in [-0.2, 0) is 0 Å². The molecule has 0 aromatic heterocycles. The quantitative estimate of drug-likeness (QED) is 0.0839. The minimum absolute atomic E-state index is 0.628. The maximum absolute atomic E-state index is 4.21. The summed E-state index contributed by atoms with van der Waals surface area (Å²) in [6, 6.07) is 0. The smallest absolute Gasteiger partial charge is 0.0297 e. The largest absolute Gasteiger partial charge is 0.0654 e. The Balaban J connectivity index is 0. The van der Waals surface area contributed by atoms with Gasteiger partial charge in [-0.25, -0.2) is 0 Å². The molecule has 230 valence electrons. The van der Waals surface area contributed by atoms with E-state index in [1.165, 1.54) is 82.9 Å². The van der Waals surface area contributed by atoms with Crippen molar-refractivity contribution in [1.82, 2.24) is 0 Å². The van der Waals surface area contributed by atoms with E-state index < -0.39 is 36.8 Å². The summed E-state index contributed by atoms with van der Waals surface area (Å²) in [5.41, 5.74) is 0.628. The van der Waals surface area contributed by atoms with Crippen molar-refractivity contribution in [2.75, 3.05) is 0 Å². The molecule has 0 saturated heterocycles. The van der Waals surface area contributed by atoms with E-state index in [1.54, 1.807) is 23.5 Å². The van der Waals surface area contributed by atoms with E-state index in [-0.39, 0.29) is 0 Å². The Hall–Kier alpha value is 1.26. The molecule has 0 saturated carbocycles. The molecule has 0 nitrogen and oxygen atoms in total. The number of hydrogen-bond acceptors (Lipinski definition) is 2. The fourth-order valence-corrected chi connectivity index (χ4v) is 13.8. The maximum atomic E-state index is 4.21. The zero-order valence-electron chi connectivity index (χ0n) is 28.8. The van der Waals surface area contributed by atoms with Crippen LogP contribution in [0.1, 0.15) is 119 Å². The Labute approximate surface area is 265 Å². The van der Waals surface area contributed by atoms with Crippen LogP contribution in [-0.4, -0.2) is 36.8 Å². The van der Waals surface area contributed by atoms with Crippen molar-refractivity contribution in [3.8, 4) is 0 Å². The molecule has 0 N–H and O–H groups in total. The normalized spacial score (nSPS) is 13.7. The zero-order valence-corrected chi connectivity index (χ0v) is 36.1. The summed E-state index contributed by atoms with van der Waals surface area (Å²) in [7, 11) is 0. The van der Waals surface area contributed by atoms with Gasteiger partial charge in [0.1, 0.15) is 0 Å². The first-order valence-electron chi connectivity index (χ1n) is 16.1. The first kappa shape index (κ1) is 42.4. The molecule has 0 bridgehead atoms. The molecular formula is C35H70S2Sn2. The summed E-state index contributed by atoms with van der Waals surface area (Å²) in [6.45, 7) is 31.1. The molecule has 0 aromatic rings. The Morgan fingerprint density at radius 3 is 1.10 bits per heavy atom. The molecule has 0 rings (SSSR count). The molecule has 0 heterocycles. The van der Waals surface area contributed by atoms with Crippen LogP contribution in [0.4, 0.5) is 0 Å². The van der Waals surface area contributed by atoms with Crippen molar-refractivity contribution in [3.05, 3.63) is 42.0 Å².